The zero-order valence-corrected chi connectivity index (χ0v) is 12.5. The normalized spacial score (nSPS) is 10.6. The Kier molecular flexibility index (Phi) is 3.53. The van der Waals surface area contributed by atoms with E-state index in [1.54, 1.807) is 19.3 Å². The van der Waals surface area contributed by atoms with E-state index >= 15 is 0 Å². The highest BCUT2D eigenvalue weighted by Gasteiger charge is 2.12. The fourth-order valence-electron chi connectivity index (χ4n) is 1.95. The quantitative estimate of drug-likeness (QED) is 0.808. The predicted octanol–water partition coefficient (Wildman–Crippen LogP) is 3.10. The van der Waals surface area contributed by atoms with Crippen molar-refractivity contribution in [1.82, 2.24) is 14.8 Å². The summed E-state index contributed by atoms with van der Waals surface area (Å²) in [6, 6.07) is 9.81. The van der Waals surface area contributed by atoms with Crippen molar-refractivity contribution in [2.24, 2.45) is 7.05 Å². The molecule has 6 heteroatoms. The zero-order chi connectivity index (χ0) is 14.8. The highest BCUT2D eigenvalue weighted by atomic mass is 32.1. The van der Waals surface area contributed by atoms with E-state index in [9.17, 15) is 4.79 Å². The summed E-state index contributed by atoms with van der Waals surface area (Å²) in [6.07, 6.45) is 1.59. The number of nitrogens with one attached hydrogen (secondary N) is 1. The Morgan fingerprint density at radius 2 is 2.00 bits per heavy atom. The number of hydrogen-bond donors (Lipinski definition) is 1. The van der Waals surface area contributed by atoms with Gasteiger partial charge in [0, 0.05) is 24.2 Å². The van der Waals surface area contributed by atoms with Gasteiger partial charge in [-0.05, 0) is 13.0 Å². The van der Waals surface area contributed by atoms with Gasteiger partial charge in [0.25, 0.3) is 5.91 Å². The van der Waals surface area contributed by atoms with Crippen molar-refractivity contribution >= 4 is 22.4 Å². The summed E-state index contributed by atoms with van der Waals surface area (Å²) in [6.45, 7) is 2.05. The molecule has 0 saturated carbocycles. The van der Waals surface area contributed by atoms with Gasteiger partial charge in [0.2, 0.25) is 0 Å². The van der Waals surface area contributed by atoms with Crippen LogP contribution in [-0.2, 0) is 7.05 Å². The van der Waals surface area contributed by atoms with Crippen molar-refractivity contribution in [3.05, 3.63) is 53.2 Å². The maximum Gasteiger partial charge on any atom is 0.275 e. The lowest BCUT2D eigenvalue weighted by Crippen LogP contribution is -2.15. The monoisotopic (exact) mass is 298 g/mol. The Hall–Kier alpha value is -2.47. The summed E-state index contributed by atoms with van der Waals surface area (Å²) in [4.78, 5) is 16.5. The van der Waals surface area contributed by atoms with Crippen LogP contribution in [-0.4, -0.2) is 20.7 Å². The van der Waals surface area contributed by atoms with Crippen molar-refractivity contribution in [3.8, 4) is 11.3 Å². The van der Waals surface area contributed by atoms with Crippen molar-refractivity contribution in [2.75, 3.05) is 5.32 Å². The molecule has 0 radical (unpaired) electrons. The van der Waals surface area contributed by atoms with Crippen molar-refractivity contribution < 1.29 is 4.79 Å². The lowest BCUT2D eigenvalue weighted by molar-refractivity contribution is 0.101. The van der Waals surface area contributed by atoms with E-state index in [0.29, 0.717) is 10.8 Å². The second kappa shape index (κ2) is 5.49. The number of rotatable bonds is 3. The Labute approximate surface area is 126 Å². The molecule has 1 aromatic carbocycles. The van der Waals surface area contributed by atoms with Crippen LogP contribution in [0.5, 0.6) is 0 Å². The first-order valence-corrected chi connectivity index (χ1v) is 7.33. The summed E-state index contributed by atoms with van der Waals surface area (Å²) >= 11 is 1.41. The van der Waals surface area contributed by atoms with Crippen LogP contribution in [0.1, 0.15) is 16.1 Å². The first-order valence-electron chi connectivity index (χ1n) is 6.45. The Morgan fingerprint density at radius 3 is 2.67 bits per heavy atom. The van der Waals surface area contributed by atoms with Gasteiger partial charge in [0.1, 0.15) is 5.69 Å². The van der Waals surface area contributed by atoms with E-state index in [1.807, 2.05) is 36.6 Å². The maximum absolute atomic E-state index is 12.1. The molecule has 0 fully saturated rings. The second-order valence-corrected chi connectivity index (χ2v) is 5.56. The predicted molar refractivity (Wildman–Crippen MR) is 83.4 cm³/mol. The fourth-order valence-corrected chi connectivity index (χ4v) is 2.66. The molecule has 0 spiro atoms. The minimum absolute atomic E-state index is 0.209. The standard InChI is InChI=1S/C15H14N4OS/c1-10-3-5-11(6-4-10)12-9-21-15(17-12)18-14(20)13-7-8-16-19(13)2/h3-9H,1-2H3,(H,17,18,20). The third kappa shape index (κ3) is 2.85. The molecule has 1 N–H and O–H groups in total. The van der Waals surface area contributed by atoms with E-state index in [2.05, 4.69) is 15.4 Å². The topological polar surface area (TPSA) is 59.8 Å². The summed E-state index contributed by atoms with van der Waals surface area (Å²) in [5.74, 6) is -0.209. The third-order valence-electron chi connectivity index (χ3n) is 3.13. The van der Waals surface area contributed by atoms with Gasteiger partial charge < -0.3 is 0 Å². The first kappa shape index (κ1) is 13.5. The molecule has 3 rings (SSSR count). The lowest BCUT2D eigenvalue weighted by atomic mass is 10.1. The van der Waals surface area contributed by atoms with Crippen LogP contribution in [0.25, 0.3) is 11.3 Å². The zero-order valence-electron chi connectivity index (χ0n) is 11.7. The maximum atomic E-state index is 12.1. The van der Waals surface area contributed by atoms with Crippen LogP contribution in [0, 0.1) is 6.92 Å². The molecular formula is C15H14N4OS. The number of nitrogens with zero attached hydrogens (tertiary/aromatic N) is 3. The SMILES string of the molecule is Cc1ccc(-c2csc(NC(=O)c3ccnn3C)n2)cc1. The molecule has 5 nitrogen and oxygen atoms in total. The number of thiazole rings is 1. The van der Waals surface area contributed by atoms with E-state index in [1.165, 1.54) is 21.6 Å². The molecule has 21 heavy (non-hydrogen) atoms. The Balaban J connectivity index is 1.78. The van der Waals surface area contributed by atoms with Crippen LogP contribution in [0.15, 0.2) is 41.9 Å². The molecule has 0 bridgehead atoms. The molecule has 2 heterocycles. The number of hydrogen-bond acceptors (Lipinski definition) is 4. The molecular weight excluding hydrogens is 284 g/mol. The number of aryl methyl sites for hydroxylation is 2. The van der Waals surface area contributed by atoms with Crippen LogP contribution in [0.4, 0.5) is 5.13 Å². The Morgan fingerprint density at radius 1 is 1.24 bits per heavy atom. The molecule has 0 aliphatic carbocycles. The summed E-state index contributed by atoms with van der Waals surface area (Å²) in [5.41, 5.74) is 3.61. The van der Waals surface area contributed by atoms with E-state index in [0.717, 1.165) is 11.3 Å². The Bertz CT molecular complexity index is 773. The van der Waals surface area contributed by atoms with Gasteiger partial charge in [-0.25, -0.2) is 4.98 Å². The fraction of sp³-hybridized carbons (Fsp3) is 0.133. The lowest BCUT2D eigenvalue weighted by Gasteiger charge is -2.01. The number of amides is 1. The molecule has 106 valence electrons. The minimum atomic E-state index is -0.209. The van der Waals surface area contributed by atoms with Gasteiger partial charge in [-0.2, -0.15) is 5.10 Å². The number of benzene rings is 1. The molecule has 0 atom stereocenters. The number of aromatic nitrogens is 3. The van der Waals surface area contributed by atoms with Crippen LogP contribution in [0.3, 0.4) is 0 Å². The average Bonchev–Trinajstić information content (AvgIpc) is 3.09. The molecule has 0 unspecified atom stereocenters. The summed E-state index contributed by atoms with van der Waals surface area (Å²) < 4.78 is 1.53. The van der Waals surface area contributed by atoms with Crippen molar-refractivity contribution in [2.45, 2.75) is 6.92 Å². The molecule has 1 amide bonds. The highest BCUT2D eigenvalue weighted by Crippen LogP contribution is 2.25. The molecule has 0 aliphatic rings. The van der Waals surface area contributed by atoms with E-state index in [4.69, 9.17) is 0 Å². The van der Waals surface area contributed by atoms with Gasteiger partial charge in [-0.15, -0.1) is 11.3 Å². The van der Waals surface area contributed by atoms with Gasteiger partial charge in [-0.3, -0.25) is 14.8 Å². The number of carbonyl (C=O) groups is 1. The van der Waals surface area contributed by atoms with Crippen molar-refractivity contribution in [3.63, 3.8) is 0 Å². The minimum Gasteiger partial charge on any atom is -0.296 e. The number of anilines is 1. The molecule has 3 aromatic rings. The highest BCUT2D eigenvalue weighted by molar-refractivity contribution is 7.14. The van der Waals surface area contributed by atoms with Crippen LogP contribution in [0.2, 0.25) is 0 Å². The van der Waals surface area contributed by atoms with Crippen LogP contribution < -0.4 is 5.32 Å². The van der Waals surface area contributed by atoms with E-state index in [-0.39, 0.29) is 5.91 Å². The molecule has 0 saturated heterocycles. The van der Waals surface area contributed by atoms with Gasteiger partial charge in [0.05, 0.1) is 5.69 Å². The summed E-state index contributed by atoms with van der Waals surface area (Å²) in [7, 11) is 1.73. The van der Waals surface area contributed by atoms with Gasteiger partial charge in [0.15, 0.2) is 5.13 Å². The molecule has 2 aromatic heterocycles. The van der Waals surface area contributed by atoms with Crippen LogP contribution >= 0.6 is 11.3 Å². The van der Waals surface area contributed by atoms with Gasteiger partial charge >= 0.3 is 0 Å². The van der Waals surface area contributed by atoms with Gasteiger partial charge in [-0.1, -0.05) is 29.8 Å². The average molecular weight is 298 g/mol. The smallest absolute Gasteiger partial charge is 0.275 e. The third-order valence-corrected chi connectivity index (χ3v) is 3.88. The first-order chi connectivity index (χ1) is 10.1. The summed E-state index contributed by atoms with van der Waals surface area (Å²) in [5, 5.41) is 9.29. The van der Waals surface area contributed by atoms with Crippen molar-refractivity contribution in [1.29, 1.82) is 0 Å². The number of carbonyl (C=O) groups excluding carboxylic acids is 1. The largest absolute Gasteiger partial charge is 0.296 e. The van der Waals surface area contributed by atoms with E-state index < -0.39 is 0 Å². The second-order valence-electron chi connectivity index (χ2n) is 4.70. The molecule has 0 aliphatic heterocycles.